The molecule has 3 rings (SSSR count). The van der Waals surface area contributed by atoms with Gasteiger partial charge in [0.1, 0.15) is 0 Å². The lowest BCUT2D eigenvalue weighted by Gasteiger charge is -2.29. The highest BCUT2D eigenvalue weighted by Gasteiger charge is 2.61. The number of aliphatic hydroxyl groups is 1. The molecule has 0 spiro atoms. The van der Waals surface area contributed by atoms with Crippen LogP contribution < -0.4 is 0 Å². The van der Waals surface area contributed by atoms with E-state index in [0.717, 1.165) is 12.8 Å². The number of aliphatic hydroxyl groups excluding tert-OH is 1. The van der Waals surface area contributed by atoms with Crippen molar-refractivity contribution in [2.75, 3.05) is 20.6 Å². The van der Waals surface area contributed by atoms with Crippen LogP contribution >= 0.6 is 0 Å². The van der Waals surface area contributed by atoms with E-state index in [0.29, 0.717) is 24.3 Å². The van der Waals surface area contributed by atoms with E-state index < -0.39 is 16.3 Å². The molecule has 2 aliphatic carbocycles. The summed E-state index contributed by atoms with van der Waals surface area (Å²) < 4.78 is 27.0. The van der Waals surface area contributed by atoms with E-state index in [1.54, 1.807) is 14.1 Å². The summed E-state index contributed by atoms with van der Waals surface area (Å²) in [6.07, 6.45) is 1.57. The zero-order chi connectivity index (χ0) is 11.7. The molecule has 16 heavy (non-hydrogen) atoms. The highest BCUT2D eigenvalue weighted by molar-refractivity contribution is 7.86. The molecule has 2 saturated carbocycles. The van der Waals surface area contributed by atoms with Gasteiger partial charge in [-0.05, 0) is 30.6 Å². The first kappa shape index (κ1) is 11.0. The van der Waals surface area contributed by atoms with Crippen molar-refractivity contribution < 1.29 is 13.5 Å². The summed E-state index contributed by atoms with van der Waals surface area (Å²) >= 11 is 0. The van der Waals surface area contributed by atoms with E-state index in [4.69, 9.17) is 0 Å². The van der Waals surface area contributed by atoms with E-state index in [1.165, 1.54) is 8.61 Å². The fourth-order valence-corrected chi connectivity index (χ4v) is 5.22. The molecule has 0 amide bonds. The molecule has 1 N–H and O–H groups in total. The molecule has 1 aliphatic heterocycles. The Hall–Kier alpha value is -0.170. The first-order valence-electron chi connectivity index (χ1n) is 5.80. The van der Waals surface area contributed by atoms with Gasteiger partial charge in [-0.1, -0.05) is 0 Å². The zero-order valence-corrected chi connectivity index (χ0v) is 10.4. The molecule has 6 heteroatoms. The SMILES string of the molecule is CN(C)S(=O)(=O)N1C[C@@H]2C[C@H]3C[C@H]2[C@@H]1[C@H]3O. The Morgan fingerprint density at radius 2 is 1.94 bits per heavy atom. The first-order valence-corrected chi connectivity index (χ1v) is 7.20. The zero-order valence-electron chi connectivity index (χ0n) is 9.57. The van der Waals surface area contributed by atoms with Gasteiger partial charge in [0.2, 0.25) is 0 Å². The molecule has 0 aromatic rings. The Balaban J connectivity index is 1.96. The molecule has 5 nitrogen and oxygen atoms in total. The standard InChI is InChI=1S/C10H18N2O3S/c1-11(2)16(14,15)12-5-7-3-6-4-8(7)9(12)10(6)13/h6-10,13H,3-5H2,1-2H3/t6-,7-,8+,9+,10-/m0/s1. The van der Waals surface area contributed by atoms with Crippen LogP contribution in [0.2, 0.25) is 0 Å². The summed E-state index contributed by atoms with van der Waals surface area (Å²) in [6, 6.07) is -0.156. The van der Waals surface area contributed by atoms with Crippen LogP contribution in [0.25, 0.3) is 0 Å². The highest BCUT2D eigenvalue weighted by Crippen LogP contribution is 2.55. The minimum absolute atomic E-state index is 0.156. The number of rotatable bonds is 2. The van der Waals surface area contributed by atoms with Crippen molar-refractivity contribution >= 4 is 10.2 Å². The first-order chi connectivity index (χ1) is 7.43. The van der Waals surface area contributed by atoms with Crippen LogP contribution in [0.15, 0.2) is 0 Å². The number of hydrogen-bond acceptors (Lipinski definition) is 3. The van der Waals surface area contributed by atoms with E-state index in [2.05, 4.69) is 0 Å². The molecule has 0 aromatic carbocycles. The second kappa shape index (κ2) is 3.19. The van der Waals surface area contributed by atoms with Crippen molar-refractivity contribution in [1.29, 1.82) is 0 Å². The van der Waals surface area contributed by atoms with E-state index in [9.17, 15) is 13.5 Å². The van der Waals surface area contributed by atoms with E-state index in [-0.39, 0.29) is 6.04 Å². The topological polar surface area (TPSA) is 60.9 Å². The van der Waals surface area contributed by atoms with Gasteiger partial charge in [-0.25, -0.2) is 0 Å². The molecule has 0 unspecified atom stereocenters. The van der Waals surface area contributed by atoms with Gasteiger partial charge >= 0.3 is 0 Å². The second-order valence-electron chi connectivity index (χ2n) is 5.50. The molecule has 3 aliphatic rings. The molecule has 3 fully saturated rings. The van der Waals surface area contributed by atoms with Gasteiger partial charge in [-0.3, -0.25) is 0 Å². The van der Waals surface area contributed by atoms with Crippen molar-refractivity contribution in [2.45, 2.75) is 25.0 Å². The maximum Gasteiger partial charge on any atom is 0.281 e. The fourth-order valence-electron chi connectivity index (χ4n) is 3.84. The monoisotopic (exact) mass is 246 g/mol. The third-order valence-corrected chi connectivity index (χ3v) is 6.47. The van der Waals surface area contributed by atoms with Crippen LogP contribution in [0.1, 0.15) is 12.8 Å². The smallest absolute Gasteiger partial charge is 0.281 e. The third kappa shape index (κ3) is 1.19. The average Bonchev–Trinajstić information content (AvgIpc) is 2.75. The van der Waals surface area contributed by atoms with E-state index >= 15 is 0 Å². The lowest BCUT2D eigenvalue weighted by Crippen LogP contribution is -2.47. The molecule has 0 radical (unpaired) electrons. The summed E-state index contributed by atoms with van der Waals surface area (Å²) in [5.74, 6) is 1.21. The Kier molecular flexibility index (Phi) is 2.18. The molecular formula is C10H18N2O3S. The Labute approximate surface area is 96.2 Å². The molecule has 2 bridgehead atoms. The van der Waals surface area contributed by atoms with Crippen molar-refractivity contribution in [1.82, 2.24) is 8.61 Å². The minimum atomic E-state index is -3.36. The van der Waals surface area contributed by atoms with Gasteiger partial charge in [-0.15, -0.1) is 0 Å². The molecule has 1 saturated heterocycles. The summed E-state index contributed by atoms with van der Waals surface area (Å²) in [6.45, 7) is 0.601. The van der Waals surface area contributed by atoms with Crippen LogP contribution in [-0.4, -0.2) is 54.9 Å². The second-order valence-corrected chi connectivity index (χ2v) is 7.59. The Morgan fingerprint density at radius 1 is 1.25 bits per heavy atom. The van der Waals surface area contributed by atoms with Gasteiger partial charge in [0.25, 0.3) is 10.2 Å². The predicted octanol–water partition coefficient (Wildman–Crippen LogP) is -0.506. The average molecular weight is 246 g/mol. The molecule has 1 heterocycles. The summed E-state index contributed by atoms with van der Waals surface area (Å²) in [4.78, 5) is 0. The maximum atomic E-state index is 12.1. The number of hydrogen-bond donors (Lipinski definition) is 1. The molecule has 0 aromatic heterocycles. The lowest BCUT2D eigenvalue weighted by molar-refractivity contribution is 0.0719. The third-order valence-electron chi connectivity index (χ3n) is 4.56. The van der Waals surface area contributed by atoms with Crippen LogP contribution in [0, 0.1) is 17.8 Å². The summed E-state index contributed by atoms with van der Waals surface area (Å²) in [5.41, 5.74) is 0. The van der Waals surface area contributed by atoms with Gasteiger partial charge < -0.3 is 5.11 Å². The van der Waals surface area contributed by atoms with Crippen molar-refractivity contribution in [3.8, 4) is 0 Å². The molecule has 92 valence electrons. The van der Waals surface area contributed by atoms with Crippen molar-refractivity contribution in [2.24, 2.45) is 17.8 Å². The normalized spacial score (nSPS) is 47.1. The Morgan fingerprint density at radius 3 is 2.50 bits per heavy atom. The predicted molar refractivity (Wildman–Crippen MR) is 58.8 cm³/mol. The van der Waals surface area contributed by atoms with Gasteiger partial charge in [-0.2, -0.15) is 17.0 Å². The molecular weight excluding hydrogens is 228 g/mol. The molecule has 5 atom stereocenters. The Bertz CT molecular complexity index is 406. The highest BCUT2D eigenvalue weighted by atomic mass is 32.2. The van der Waals surface area contributed by atoms with E-state index in [1.807, 2.05) is 0 Å². The number of fused-ring (bicyclic) bond motifs is 1. The van der Waals surface area contributed by atoms with Crippen molar-refractivity contribution in [3.63, 3.8) is 0 Å². The summed E-state index contributed by atoms with van der Waals surface area (Å²) in [5, 5.41) is 10.1. The van der Waals surface area contributed by atoms with Gasteiger partial charge in [0, 0.05) is 20.6 Å². The number of nitrogens with zero attached hydrogens (tertiary/aromatic N) is 2. The van der Waals surface area contributed by atoms with Crippen LogP contribution in [0.3, 0.4) is 0 Å². The fraction of sp³-hybridized carbons (Fsp3) is 1.00. The lowest BCUT2D eigenvalue weighted by atomic mass is 9.88. The maximum absolute atomic E-state index is 12.1. The van der Waals surface area contributed by atoms with Crippen molar-refractivity contribution in [3.05, 3.63) is 0 Å². The van der Waals surface area contributed by atoms with Crippen LogP contribution in [-0.2, 0) is 10.2 Å². The largest absolute Gasteiger partial charge is 0.391 e. The van der Waals surface area contributed by atoms with Gasteiger partial charge in [0.05, 0.1) is 12.1 Å². The van der Waals surface area contributed by atoms with Crippen LogP contribution in [0.5, 0.6) is 0 Å². The quantitative estimate of drug-likeness (QED) is 0.714. The summed E-state index contributed by atoms with van der Waals surface area (Å²) in [7, 11) is -0.263. The van der Waals surface area contributed by atoms with Crippen LogP contribution in [0.4, 0.5) is 0 Å². The van der Waals surface area contributed by atoms with Gasteiger partial charge in [0.15, 0.2) is 0 Å². The minimum Gasteiger partial charge on any atom is -0.391 e.